The molecular weight excluding hydrogens is 619 g/mol. The largest absolute Gasteiger partial charge is 0.495 e. The number of nitrogens with one attached hydrogen (secondary N) is 1. The quantitative estimate of drug-likeness (QED) is 0.203. The van der Waals surface area contributed by atoms with Crippen molar-refractivity contribution in [2.45, 2.75) is 71.5 Å². The maximum atomic E-state index is 14.5. The number of hydrogen-bond donors (Lipinski definition) is 2. The van der Waals surface area contributed by atoms with Crippen molar-refractivity contribution in [3.05, 3.63) is 79.1 Å². The zero-order valence-corrected chi connectivity index (χ0v) is 27.7. The molecule has 2 aromatic carbocycles. The number of nitro benzene ring substituents is 1. The average Bonchev–Trinajstić information content (AvgIpc) is 3.04. The second kappa shape index (κ2) is 15.0. The third-order valence-electron chi connectivity index (χ3n) is 8.26. The number of rotatable bonds is 10. The molecule has 2 amide bonds. The number of halogens is 2. The van der Waals surface area contributed by atoms with Crippen LogP contribution in [0.15, 0.2) is 58.4 Å². The molecular formula is C32H40Cl2N6O5. The topological polar surface area (TPSA) is 136 Å². The van der Waals surface area contributed by atoms with Crippen molar-refractivity contribution in [2.24, 2.45) is 10.7 Å². The van der Waals surface area contributed by atoms with Gasteiger partial charge in [-0.15, -0.1) is 0 Å². The van der Waals surface area contributed by atoms with E-state index in [2.05, 4.69) is 5.32 Å². The van der Waals surface area contributed by atoms with Crippen molar-refractivity contribution in [2.75, 3.05) is 25.7 Å². The number of benzene rings is 2. The van der Waals surface area contributed by atoms with Crippen LogP contribution >= 0.6 is 23.2 Å². The molecule has 2 aliphatic rings. The van der Waals surface area contributed by atoms with Gasteiger partial charge in [-0.3, -0.25) is 19.9 Å². The number of amidine groups is 1. The molecule has 2 unspecified atom stereocenters. The first-order valence-electron chi connectivity index (χ1n) is 14.9. The number of anilines is 1. The number of carbonyl (C=O) groups excluding carboxylic acids is 1. The van der Waals surface area contributed by atoms with Crippen molar-refractivity contribution in [3.63, 3.8) is 0 Å². The molecule has 1 aliphatic heterocycles. The van der Waals surface area contributed by atoms with E-state index in [1.165, 1.54) is 36.2 Å². The van der Waals surface area contributed by atoms with Gasteiger partial charge in [-0.1, -0.05) is 61.2 Å². The predicted octanol–water partition coefficient (Wildman–Crippen LogP) is 7.21. The molecule has 4 rings (SSSR count). The number of nitrogens with zero attached hydrogens (tertiary/aromatic N) is 4. The number of aliphatic imine (C=N–C) groups is 1. The molecule has 2 atom stereocenters. The smallest absolute Gasteiger partial charge is 0.330 e. The third kappa shape index (κ3) is 7.37. The van der Waals surface area contributed by atoms with Gasteiger partial charge in [-0.25, -0.2) is 9.79 Å². The second-order valence-corrected chi connectivity index (χ2v) is 11.8. The Morgan fingerprint density at radius 1 is 1.18 bits per heavy atom. The molecule has 2 fully saturated rings. The SMILES string of the molecule is C/C=C1/CN(c2c(Cl)c(OC)cc(OC)c2Cl)C(=O)N(Cc2cccc([N+](=O)[O-])c2)/C1=N\C(NC1CCCCC1N)=C(/C)CC. The summed E-state index contributed by atoms with van der Waals surface area (Å²) in [5.41, 5.74) is 8.88. The Morgan fingerprint density at radius 3 is 2.42 bits per heavy atom. The van der Waals surface area contributed by atoms with Crippen LogP contribution in [0.4, 0.5) is 16.2 Å². The van der Waals surface area contributed by atoms with E-state index in [0.29, 0.717) is 22.8 Å². The van der Waals surface area contributed by atoms with Crippen molar-refractivity contribution in [1.29, 1.82) is 0 Å². The summed E-state index contributed by atoms with van der Waals surface area (Å²) in [6.45, 7) is 5.99. The summed E-state index contributed by atoms with van der Waals surface area (Å²) in [5, 5.41) is 15.4. The van der Waals surface area contributed by atoms with Crippen molar-refractivity contribution in [3.8, 4) is 11.5 Å². The Balaban J connectivity index is 1.89. The summed E-state index contributed by atoms with van der Waals surface area (Å²) in [4.78, 5) is 33.7. The summed E-state index contributed by atoms with van der Waals surface area (Å²) in [5.74, 6) is 1.62. The van der Waals surface area contributed by atoms with Crippen molar-refractivity contribution < 1.29 is 19.2 Å². The third-order valence-corrected chi connectivity index (χ3v) is 8.99. The number of carbonyl (C=O) groups is 1. The van der Waals surface area contributed by atoms with Gasteiger partial charge in [0.15, 0.2) is 0 Å². The van der Waals surface area contributed by atoms with E-state index >= 15 is 0 Å². The van der Waals surface area contributed by atoms with E-state index in [4.69, 9.17) is 43.4 Å². The molecule has 0 radical (unpaired) electrons. The molecule has 1 saturated heterocycles. The van der Waals surface area contributed by atoms with Crippen LogP contribution in [-0.4, -0.2) is 54.5 Å². The Bertz CT molecular complexity index is 1510. The zero-order chi connectivity index (χ0) is 32.8. The highest BCUT2D eigenvalue weighted by molar-refractivity contribution is 6.42. The normalized spacial score (nSPS) is 21.2. The number of allylic oxidation sites excluding steroid dienone is 2. The minimum absolute atomic E-state index is 0.00900. The maximum Gasteiger partial charge on any atom is 0.330 e. The summed E-state index contributed by atoms with van der Waals surface area (Å²) in [7, 11) is 2.92. The molecule has 2 aromatic rings. The van der Waals surface area contributed by atoms with E-state index < -0.39 is 11.0 Å². The molecule has 3 N–H and O–H groups in total. The Labute approximate surface area is 273 Å². The summed E-state index contributed by atoms with van der Waals surface area (Å²) < 4.78 is 10.9. The van der Waals surface area contributed by atoms with Crippen LogP contribution in [0, 0.1) is 10.1 Å². The number of urea groups is 1. The van der Waals surface area contributed by atoms with Gasteiger partial charge in [0.1, 0.15) is 33.2 Å². The second-order valence-electron chi connectivity index (χ2n) is 11.1. The highest BCUT2D eigenvalue weighted by Gasteiger charge is 2.38. The number of non-ortho nitro benzene ring substituents is 1. The molecule has 0 spiro atoms. The van der Waals surface area contributed by atoms with Crippen LogP contribution in [0.2, 0.25) is 10.0 Å². The highest BCUT2D eigenvalue weighted by atomic mass is 35.5. The minimum atomic E-state index is -0.479. The first-order chi connectivity index (χ1) is 21.5. The van der Waals surface area contributed by atoms with E-state index in [-0.39, 0.29) is 58.1 Å². The Hall–Kier alpha value is -3.80. The predicted molar refractivity (Wildman–Crippen MR) is 178 cm³/mol. The van der Waals surface area contributed by atoms with Crippen molar-refractivity contribution >= 4 is 46.4 Å². The fourth-order valence-corrected chi connectivity index (χ4v) is 6.19. The van der Waals surface area contributed by atoms with Gasteiger partial charge in [0.25, 0.3) is 5.69 Å². The van der Waals surface area contributed by atoms with E-state index in [0.717, 1.165) is 37.7 Å². The number of methoxy groups -OCH3 is 2. The van der Waals surface area contributed by atoms with Gasteiger partial charge in [0, 0.05) is 35.9 Å². The van der Waals surface area contributed by atoms with Crippen LogP contribution in [0.3, 0.4) is 0 Å². The number of ether oxygens (including phenoxy) is 2. The first-order valence-corrected chi connectivity index (χ1v) is 15.7. The first kappa shape index (κ1) is 34.1. The van der Waals surface area contributed by atoms with Crippen LogP contribution in [0.1, 0.15) is 58.4 Å². The molecule has 11 nitrogen and oxygen atoms in total. The molecule has 242 valence electrons. The fourth-order valence-electron chi connectivity index (χ4n) is 5.49. The van der Waals surface area contributed by atoms with E-state index in [1.54, 1.807) is 18.2 Å². The molecule has 1 saturated carbocycles. The van der Waals surface area contributed by atoms with Gasteiger partial charge in [0.2, 0.25) is 0 Å². The van der Waals surface area contributed by atoms with Crippen molar-refractivity contribution in [1.82, 2.24) is 10.2 Å². The van der Waals surface area contributed by atoms with Gasteiger partial charge >= 0.3 is 6.03 Å². The molecule has 0 bridgehead atoms. The lowest BCUT2D eigenvalue weighted by molar-refractivity contribution is -0.384. The number of nitrogens with two attached hydrogens (primary N) is 1. The number of hydrogen-bond acceptors (Lipinski definition) is 8. The molecule has 1 heterocycles. The molecule has 0 aromatic heterocycles. The van der Waals surface area contributed by atoms with Gasteiger partial charge in [-0.05, 0) is 44.2 Å². The van der Waals surface area contributed by atoms with E-state index in [9.17, 15) is 14.9 Å². The fraction of sp³-hybridized carbons (Fsp3) is 0.438. The van der Waals surface area contributed by atoms with Gasteiger partial charge < -0.3 is 20.5 Å². The maximum absolute atomic E-state index is 14.5. The standard InChI is InChI=1S/C32H40Cl2N6O5/c1-6-19(3)30(36-24-14-9-8-13-23(24)35)37-31-21(7-2)18-38(29-27(33)25(44-4)16-26(45-5)28(29)34)32(41)39(31)17-20-11-10-12-22(15-20)40(42)43/h7,10-12,15-16,23-24,36H,6,8-9,13-14,17-18,35H2,1-5H3/b21-7-,30-19+,37-31-. The minimum Gasteiger partial charge on any atom is -0.495 e. The van der Waals surface area contributed by atoms with Gasteiger partial charge in [-0.2, -0.15) is 0 Å². The highest BCUT2D eigenvalue weighted by Crippen LogP contribution is 2.47. The zero-order valence-electron chi connectivity index (χ0n) is 26.2. The van der Waals surface area contributed by atoms with Crippen LogP contribution < -0.4 is 25.4 Å². The Kier molecular flexibility index (Phi) is 11.4. The average molecular weight is 660 g/mol. The molecule has 13 heteroatoms. The van der Waals surface area contributed by atoms with E-state index in [1.807, 2.05) is 26.8 Å². The summed E-state index contributed by atoms with van der Waals surface area (Å²) in [6.07, 6.45) is 6.60. The van der Waals surface area contributed by atoms with Gasteiger partial charge in [0.05, 0.1) is 37.9 Å². The summed E-state index contributed by atoms with van der Waals surface area (Å²) >= 11 is 13.5. The summed E-state index contributed by atoms with van der Waals surface area (Å²) in [6, 6.07) is 7.27. The molecule has 1 aliphatic carbocycles. The number of nitro groups is 1. The molecule has 45 heavy (non-hydrogen) atoms. The Morgan fingerprint density at radius 2 is 1.84 bits per heavy atom. The lowest BCUT2D eigenvalue weighted by atomic mass is 9.91. The monoisotopic (exact) mass is 658 g/mol. The van der Waals surface area contributed by atoms with Crippen LogP contribution in [0.25, 0.3) is 0 Å². The van der Waals surface area contributed by atoms with Crippen LogP contribution in [-0.2, 0) is 6.54 Å². The number of amides is 2. The van der Waals surface area contributed by atoms with Crippen LogP contribution in [0.5, 0.6) is 11.5 Å². The lowest BCUT2D eigenvalue weighted by Crippen LogP contribution is -2.54. The lowest BCUT2D eigenvalue weighted by Gasteiger charge is -2.39.